The molecule has 17 heavy (non-hydrogen) atoms. The Morgan fingerprint density at radius 2 is 2.41 bits per heavy atom. The lowest BCUT2D eigenvalue weighted by Crippen LogP contribution is -2.15. The zero-order valence-electron chi connectivity index (χ0n) is 9.89. The highest BCUT2D eigenvalue weighted by Gasteiger charge is 2.21. The number of aryl methyl sites for hydroxylation is 1. The Balaban J connectivity index is 1.66. The highest BCUT2D eigenvalue weighted by atomic mass is 16.3. The lowest BCUT2D eigenvalue weighted by Gasteiger charge is -2.00. The van der Waals surface area contributed by atoms with Gasteiger partial charge in [0.05, 0.1) is 6.54 Å². The average Bonchev–Trinajstić information content (AvgIpc) is 2.88. The van der Waals surface area contributed by atoms with Gasteiger partial charge in [0.2, 0.25) is 0 Å². The summed E-state index contributed by atoms with van der Waals surface area (Å²) in [6, 6.07) is 2.78. The summed E-state index contributed by atoms with van der Waals surface area (Å²) in [4.78, 5) is 3.91. The molecule has 0 amide bonds. The molecule has 0 atom stereocenters. The summed E-state index contributed by atoms with van der Waals surface area (Å²) in [5, 5.41) is 7.52. The van der Waals surface area contributed by atoms with Gasteiger partial charge in [0.1, 0.15) is 30.7 Å². The second-order valence-electron chi connectivity index (χ2n) is 4.57. The summed E-state index contributed by atoms with van der Waals surface area (Å²) >= 11 is 0. The Morgan fingerprint density at radius 3 is 3.12 bits per heavy atom. The van der Waals surface area contributed by atoms with Crippen molar-refractivity contribution in [3.05, 3.63) is 35.8 Å². The van der Waals surface area contributed by atoms with Gasteiger partial charge in [-0.15, -0.1) is 0 Å². The molecule has 5 nitrogen and oxygen atoms in total. The van der Waals surface area contributed by atoms with E-state index < -0.39 is 0 Å². The minimum absolute atomic E-state index is 0.643. The smallest absolute Gasteiger partial charge is 0.137 e. The molecule has 1 fully saturated rings. The van der Waals surface area contributed by atoms with E-state index in [0.717, 1.165) is 18.1 Å². The molecule has 0 spiro atoms. The van der Waals surface area contributed by atoms with Gasteiger partial charge in [-0.05, 0) is 31.4 Å². The molecule has 5 heteroatoms. The third-order valence-corrected chi connectivity index (χ3v) is 2.98. The third-order valence-electron chi connectivity index (χ3n) is 2.98. The first kappa shape index (κ1) is 10.5. The van der Waals surface area contributed by atoms with Gasteiger partial charge in [-0.25, -0.2) is 9.67 Å². The molecule has 2 aromatic rings. The second kappa shape index (κ2) is 4.33. The van der Waals surface area contributed by atoms with Gasteiger partial charge in [0, 0.05) is 6.04 Å². The van der Waals surface area contributed by atoms with Crippen LogP contribution in [0, 0.1) is 6.92 Å². The summed E-state index contributed by atoms with van der Waals surface area (Å²) in [6.07, 6.45) is 5.82. The fourth-order valence-electron chi connectivity index (χ4n) is 1.84. The molecule has 1 aliphatic rings. The number of hydrogen-bond donors (Lipinski definition) is 1. The molecule has 0 saturated heterocycles. The Hall–Kier alpha value is -1.62. The Kier molecular flexibility index (Phi) is 2.68. The van der Waals surface area contributed by atoms with Gasteiger partial charge in [-0.2, -0.15) is 5.10 Å². The normalized spacial score (nSPS) is 15.4. The van der Waals surface area contributed by atoms with Crippen LogP contribution in [0.1, 0.15) is 29.9 Å². The summed E-state index contributed by atoms with van der Waals surface area (Å²) in [5.74, 6) is 1.97. The topological polar surface area (TPSA) is 55.9 Å². The Labute approximate surface area is 99.8 Å². The highest BCUT2D eigenvalue weighted by molar-refractivity contribution is 5.20. The van der Waals surface area contributed by atoms with Crippen molar-refractivity contribution in [3.63, 3.8) is 0 Å². The molecule has 0 aliphatic heterocycles. The molecule has 0 unspecified atom stereocenters. The highest BCUT2D eigenvalue weighted by Crippen LogP contribution is 2.21. The van der Waals surface area contributed by atoms with Crippen LogP contribution in [0.5, 0.6) is 0 Å². The SMILES string of the molecule is Cc1cc(Cn2cncn2)oc1CNC1CC1. The first-order valence-electron chi connectivity index (χ1n) is 5.95. The van der Waals surface area contributed by atoms with Crippen LogP contribution < -0.4 is 5.32 Å². The summed E-state index contributed by atoms with van der Waals surface area (Å²) in [6.45, 7) is 3.55. The summed E-state index contributed by atoms with van der Waals surface area (Å²) in [7, 11) is 0. The van der Waals surface area contributed by atoms with Gasteiger partial charge in [-0.3, -0.25) is 0 Å². The van der Waals surface area contributed by atoms with Crippen LogP contribution in [-0.2, 0) is 13.1 Å². The van der Waals surface area contributed by atoms with Crippen LogP contribution >= 0.6 is 0 Å². The minimum atomic E-state index is 0.643. The number of aromatic nitrogens is 3. The largest absolute Gasteiger partial charge is 0.462 e. The molecule has 0 aromatic carbocycles. The van der Waals surface area contributed by atoms with Crippen LogP contribution in [0.15, 0.2) is 23.1 Å². The summed E-state index contributed by atoms with van der Waals surface area (Å²) in [5.41, 5.74) is 1.20. The molecule has 2 heterocycles. The number of nitrogens with zero attached hydrogens (tertiary/aromatic N) is 3. The fraction of sp³-hybridized carbons (Fsp3) is 0.500. The number of hydrogen-bond acceptors (Lipinski definition) is 4. The predicted molar refractivity (Wildman–Crippen MR) is 62.4 cm³/mol. The van der Waals surface area contributed by atoms with Crippen molar-refractivity contribution in [2.45, 2.75) is 38.9 Å². The molecule has 3 rings (SSSR count). The van der Waals surface area contributed by atoms with Crippen LogP contribution in [0.4, 0.5) is 0 Å². The van der Waals surface area contributed by atoms with Crippen molar-refractivity contribution in [1.82, 2.24) is 20.1 Å². The maximum Gasteiger partial charge on any atom is 0.137 e. The van der Waals surface area contributed by atoms with E-state index in [4.69, 9.17) is 4.42 Å². The number of rotatable bonds is 5. The first-order valence-corrected chi connectivity index (χ1v) is 5.95. The van der Waals surface area contributed by atoms with Crippen LogP contribution in [0.3, 0.4) is 0 Å². The van der Waals surface area contributed by atoms with Crippen molar-refractivity contribution >= 4 is 0 Å². The van der Waals surface area contributed by atoms with Crippen molar-refractivity contribution < 1.29 is 4.42 Å². The zero-order valence-corrected chi connectivity index (χ0v) is 9.89. The molecule has 1 saturated carbocycles. The quantitative estimate of drug-likeness (QED) is 0.848. The maximum atomic E-state index is 5.81. The number of nitrogens with one attached hydrogen (secondary N) is 1. The van der Waals surface area contributed by atoms with Gasteiger partial charge >= 0.3 is 0 Å². The standard InChI is InChI=1S/C12H16N4O/c1-9-4-11(6-16-8-13-7-15-16)17-12(9)5-14-10-2-3-10/h4,7-8,10,14H,2-3,5-6H2,1H3. The lowest BCUT2D eigenvalue weighted by atomic mass is 10.2. The molecule has 0 bridgehead atoms. The monoisotopic (exact) mass is 232 g/mol. The van der Waals surface area contributed by atoms with E-state index in [2.05, 4.69) is 28.4 Å². The molecule has 2 aromatic heterocycles. The molecule has 1 N–H and O–H groups in total. The average molecular weight is 232 g/mol. The zero-order chi connectivity index (χ0) is 11.7. The van der Waals surface area contributed by atoms with E-state index in [1.807, 2.05) is 0 Å². The van der Waals surface area contributed by atoms with Crippen LogP contribution in [0.2, 0.25) is 0 Å². The van der Waals surface area contributed by atoms with E-state index in [9.17, 15) is 0 Å². The fourth-order valence-corrected chi connectivity index (χ4v) is 1.84. The van der Waals surface area contributed by atoms with Crippen molar-refractivity contribution in [1.29, 1.82) is 0 Å². The van der Waals surface area contributed by atoms with Gasteiger partial charge < -0.3 is 9.73 Å². The van der Waals surface area contributed by atoms with Gasteiger partial charge in [-0.1, -0.05) is 0 Å². The molecular weight excluding hydrogens is 216 g/mol. The Morgan fingerprint density at radius 1 is 1.53 bits per heavy atom. The van der Waals surface area contributed by atoms with E-state index in [-0.39, 0.29) is 0 Å². The lowest BCUT2D eigenvalue weighted by molar-refractivity contribution is 0.428. The second-order valence-corrected chi connectivity index (χ2v) is 4.57. The number of furan rings is 1. The van der Waals surface area contributed by atoms with Crippen molar-refractivity contribution in [3.8, 4) is 0 Å². The van der Waals surface area contributed by atoms with E-state index in [1.54, 1.807) is 11.0 Å². The Bertz CT molecular complexity index is 485. The molecular formula is C12H16N4O. The van der Waals surface area contributed by atoms with E-state index in [1.165, 1.54) is 24.7 Å². The third kappa shape index (κ3) is 2.55. The molecule has 0 radical (unpaired) electrons. The van der Waals surface area contributed by atoms with E-state index >= 15 is 0 Å². The minimum Gasteiger partial charge on any atom is -0.462 e. The van der Waals surface area contributed by atoms with Crippen molar-refractivity contribution in [2.75, 3.05) is 0 Å². The summed E-state index contributed by atoms with van der Waals surface area (Å²) < 4.78 is 7.58. The van der Waals surface area contributed by atoms with Crippen molar-refractivity contribution in [2.24, 2.45) is 0 Å². The first-order chi connectivity index (χ1) is 8.31. The molecule has 90 valence electrons. The molecule has 1 aliphatic carbocycles. The van der Waals surface area contributed by atoms with Crippen LogP contribution in [-0.4, -0.2) is 20.8 Å². The van der Waals surface area contributed by atoms with E-state index in [0.29, 0.717) is 12.6 Å². The van der Waals surface area contributed by atoms with Crippen LogP contribution in [0.25, 0.3) is 0 Å². The maximum absolute atomic E-state index is 5.81. The predicted octanol–water partition coefficient (Wildman–Crippen LogP) is 1.48. The van der Waals surface area contributed by atoms with Gasteiger partial charge in [0.25, 0.3) is 0 Å². The van der Waals surface area contributed by atoms with Gasteiger partial charge in [0.15, 0.2) is 0 Å².